The van der Waals surface area contributed by atoms with Gasteiger partial charge in [0.05, 0.1) is 8.80 Å². The second-order valence-electron chi connectivity index (χ2n) is 1.33. The van der Waals surface area contributed by atoms with Crippen LogP contribution in [0.3, 0.4) is 0 Å². The van der Waals surface area contributed by atoms with Gasteiger partial charge in [0.15, 0.2) is 0 Å². The molecule has 0 nitrogen and oxygen atoms in total. The van der Waals surface area contributed by atoms with Gasteiger partial charge in [-0.25, -0.2) is 0 Å². The molecule has 0 heterocycles. The Labute approximate surface area is 45.5 Å². The summed E-state index contributed by atoms with van der Waals surface area (Å²) < 4.78 is 0. The quantitative estimate of drug-likeness (QED) is 0.481. The maximum Gasteiger partial charge on any atom is 0.0807 e. The van der Waals surface area contributed by atoms with E-state index in [0.717, 1.165) is 0 Å². The maximum atomic E-state index is 3.62. The van der Waals surface area contributed by atoms with Gasteiger partial charge < -0.3 is 0 Å². The zero-order valence-electron chi connectivity index (χ0n) is 4.55. The topological polar surface area (TPSA) is 0 Å². The Hall–Kier alpha value is -0.373. The molecule has 0 aromatic rings. The van der Waals surface area contributed by atoms with Gasteiger partial charge in [-0.2, -0.15) is 0 Å². The van der Waals surface area contributed by atoms with E-state index in [2.05, 4.69) is 19.7 Å². The third-order valence-corrected chi connectivity index (χ3v) is 2.23. The van der Waals surface area contributed by atoms with Crippen molar-refractivity contribution < 1.29 is 4.70 Å². The van der Waals surface area contributed by atoms with Crippen molar-refractivity contribution in [1.29, 1.82) is 0 Å². The molecule has 0 atom stereocenters. The fourth-order valence-electron chi connectivity index (χ4n) is 0.0962. The van der Waals surface area contributed by atoms with E-state index >= 15 is 0 Å². The molecule has 0 aromatic heterocycles. The highest BCUT2D eigenvalue weighted by Gasteiger charge is 1.82. The third-order valence-electron chi connectivity index (χ3n) is 0.744. The molecule has 0 amide bonds. The van der Waals surface area contributed by atoms with E-state index in [1.165, 1.54) is 0 Å². The molecule has 0 aliphatic carbocycles. The summed E-state index contributed by atoms with van der Waals surface area (Å²) in [6.45, 7) is 9.42. The van der Waals surface area contributed by atoms with Crippen LogP contribution in [0.15, 0.2) is 24.6 Å². The van der Waals surface area contributed by atoms with E-state index < -0.39 is 8.80 Å². The zero-order chi connectivity index (χ0) is 4.99. The molecule has 7 heavy (non-hydrogen) atoms. The predicted molar refractivity (Wildman–Crippen MR) is 35.9 cm³/mol. The van der Waals surface area contributed by atoms with Crippen LogP contribution >= 0.6 is 0 Å². The lowest BCUT2D eigenvalue weighted by Crippen LogP contribution is -1.93. The highest BCUT2D eigenvalue weighted by molar-refractivity contribution is 6.67. The summed E-state index contributed by atoms with van der Waals surface area (Å²) in [5.41, 5.74) is 3.99. The normalized spacial score (nSPS) is 7.14. The third kappa shape index (κ3) is 5.63. The Kier molecular flexibility index (Phi) is 7.88. The largest absolute Gasteiger partial charge is 0.269 e. The van der Waals surface area contributed by atoms with E-state index in [-0.39, 0.29) is 4.70 Å². The Morgan fingerprint density at radius 2 is 1.57 bits per heavy atom. The van der Waals surface area contributed by atoms with Crippen LogP contribution in [-0.2, 0) is 0 Å². The molecular formula is C5H11FSi. The van der Waals surface area contributed by atoms with Gasteiger partial charge in [-0.3, -0.25) is 4.70 Å². The summed E-state index contributed by atoms with van der Waals surface area (Å²) in [5.74, 6) is 0. The number of hydrogen-bond acceptors (Lipinski definition) is 0. The van der Waals surface area contributed by atoms with Crippen molar-refractivity contribution >= 4 is 8.80 Å². The zero-order valence-corrected chi connectivity index (χ0v) is 5.71. The van der Waals surface area contributed by atoms with E-state index in [0.29, 0.717) is 0 Å². The van der Waals surface area contributed by atoms with E-state index in [4.69, 9.17) is 0 Å². The first-order valence-corrected chi connectivity index (χ1v) is 4.55. The summed E-state index contributed by atoms with van der Waals surface area (Å²) in [6, 6.07) is 0. The molecule has 0 aromatic carbocycles. The molecule has 0 saturated heterocycles. The molecule has 42 valence electrons. The molecule has 0 fully saturated rings. The molecule has 0 aliphatic rings. The minimum Gasteiger partial charge on any atom is -0.269 e. The number of hydrogen-bond donors (Lipinski definition) is 0. The van der Waals surface area contributed by atoms with E-state index in [1.807, 2.05) is 11.4 Å². The van der Waals surface area contributed by atoms with Gasteiger partial charge >= 0.3 is 0 Å². The predicted octanol–water partition coefficient (Wildman–Crippen LogP) is 1.45. The average molecular weight is 118 g/mol. The average Bonchev–Trinajstić information content (AvgIpc) is 1.65. The SMILES string of the molecule is C=C[SiH](C)C=C.F. The summed E-state index contributed by atoms with van der Waals surface area (Å²) >= 11 is 0. The highest BCUT2D eigenvalue weighted by atomic mass is 28.3. The molecule has 0 rings (SSSR count). The van der Waals surface area contributed by atoms with Crippen molar-refractivity contribution in [2.24, 2.45) is 0 Å². The lowest BCUT2D eigenvalue weighted by molar-refractivity contribution is 1.11. The van der Waals surface area contributed by atoms with Gasteiger partial charge in [0, 0.05) is 0 Å². The van der Waals surface area contributed by atoms with Crippen LogP contribution in [0.25, 0.3) is 0 Å². The lowest BCUT2D eigenvalue weighted by Gasteiger charge is -1.85. The molecule has 0 N–H and O–H groups in total. The molecule has 0 radical (unpaired) electrons. The minimum absolute atomic E-state index is 0. The Balaban J connectivity index is 0. The number of halogens is 1. The summed E-state index contributed by atoms with van der Waals surface area (Å²) in [5, 5.41) is 0. The summed E-state index contributed by atoms with van der Waals surface area (Å²) in [6.07, 6.45) is 0. The van der Waals surface area contributed by atoms with Gasteiger partial charge in [-0.15, -0.1) is 24.6 Å². The first kappa shape index (κ1) is 9.80. The van der Waals surface area contributed by atoms with Crippen molar-refractivity contribution in [2.45, 2.75) is 6.55 Å². The van der Waals surface area contributed by atoms with Gasteiger partial charge in [0.2, 0.25) is 0 Å². The van der Waals surface area contributed by atoms with Crippen LogP contribution in [-0.4, -0.2) is 8.80 Å². The smallest absolute Gasteiger partial charge is 0.0807 e. The first-order valence-electron chi connectivity index (χ1n) is 2.06. The summed E-state index contributed by atoms with van der Waals surface area (Å²) in [4.78, 5) is 0. The van der Waals surface area contributed by atoms with E-state index in [9.17, 15) is 0 Å². The van der Waals surface area contributed by atoms with Gasteiger partial charge in [-0.05, 0) is 0 Å². The van der Waals surface area contributed by atoms with E-state index in [1.54, 1.807) is 0 Å². The van der Waals surface area contributed by atoms with Crippen molar-refractivity contribution in [3.05, 3.63) is 24.6 Å². The van der Waals surface area contributed by atoms with Crippen LogP contribution in [0.5, 0.6) is 0 Å². The minimum atomic E-state index is -0.633. The van der Waals surface area contributed by atoms with Crippen molar-refractivity contribution in [1.82, 2.24) is 0 Å². The molecule has 0 spiro atoms. The van der Waals surface area contributed by atoms with Crippen LogP contribution in [0.1, 0.15) is 0 Å². The molecule has 0 saturated carbocycles. The van der Waals surface area contributed by atoms with Crippen LogP contribution < -0.4 is 0 Å². The van der Waals surface area contributed by atoms with Gasteiger partial charge in [0.25, 0.3) is 0 Å². The fourth-order valence-corrected chi connectivity index (χ4v) is 0.289. The standard InChI is InChI=1S/C5H10Si.FH/c1-4-6(3)5-2;/h4-6H,1-2H2,3H3;1H. The Morgan fingerprint density at radius 3 is 1.57 bits per heavy atom. The molecule has 0 aliphatic heterocycles. The molecular weight excluding hydrogens is 107 g/mol. The van der Waals surface area contributed by atoms with Crippen LogP contribution in [0.4, 0.5) is 4.70 Å². The van der Waals surface area contributed by atoms with Crippen LogP contribution in [0, 0.1) is 0 Å². The second kappa shape index (κ2) is 5.63. The van der Waals surface area contributed by atoms with Crippen molar-refractivity contribution in [3.8, 4) is 0 Å². The molecule has 2 heteroatoms. The maximum absolute atomic E-state index is 3.62. The Bertz CT molecular complexity index is 53.1. The molecule has 0 unspecified atom stereocenters. The second-order valence-corrected chi connectivity index (χ2v) is 3.99. The van der Waals surface area contributed by atoms with Crippen molar-refractivity contribution in [3.63, 3.8) is 0 Å². The fraction of sp³-hybridized carbons (Fsp3) is 0.200. The summed E-state index contributed by atoms with van der Waals surface area (Å²) in [7, 11) is -0.633. The first-order chi connectivity index (χ1) is 2.81. The number of rotatable bonds is 2. The van der Waals surface area contributed by atoms with Gasteiger partial charge in [-0.1, -0.05) is 6.55 Å². The van der Waals surface area contributed by atoms with Gasteiger partial charge in [0.1, 0.15) is 0 Å². The van der Waals surface area contributed by atoms with Crippen molar-refractivity contribution in [2.75, 3.05) is 0 Å². The Morgan fingerprint density at radius 1 is 1.29 bits per heavy atom. The highest BCUT2D eigenvalue weighted by Crippen LogP contribution is 1.78. The van der Waals surface area contributed by atoms with Crippen LogP contribution in [0.2, 0.25) is 6.55 Å². The lowest BCUT2D eigenvalue weighted by atomic mass is 11.2. The molecule has 0 bridgehead atoms. The monoisotopic (exact) mass is 118 g/mol.